The first-order valence-electron chi connectivity index (χ1n) is 6.00. The van der Waals surface area contributed by atoms with Crippen LogP contribution in [0, 0.1) is 0 Å². The van der Waals surface area contributed by atoms with Crippen molar-refractivity contribution in [1.82, 2.24) is 14.9 Å². The predicted octanol–water partition coefficient (Wildman–Crippen LogP) is 2.34. The third kappa shape index (κ3) is 4.38. The molecule has 0 saturated heterocycles. The summed E-state index contributed by atoms with van der Waals surface area (Å²) in [5.41, 5.74) is 0. The van der Waals surface area contributed by atoms with E-state index in [2.05, 4.69) is 26.1 Å². The second-order valence-electron chi connectivity index (χ2n) is 4.30. The molecule has 23 heavy (non-hydrogen) atoms. The van der Waals surface area contributed by atoms with Gasteiger partial charge in [0.05, 0.1) is 10.6 Å². The molecule has 6 nitrogen and oxygen atoms in total. The van der Waals surface area contributed by atoms with Crippen LogP contribution in [-0.4, -0.2) is 34.8 Å². The molecule has 0 amide bonds. The highest BCUT2D eigenvalue weighted by Gasteiger charge is 2.38. The molecule has 0 fully saturated rings. The number of sulfone groups is 1. The number of rotatable bonds is 5. The lowest BCUT2D eigenvalue weighted by Crippen LogP contribution is -2.21. The Bertz CT molecular complexity index is 791. The zero-order valence-corrected chi connectivity index (χ0v) is 14.5. The number of hydrogen-bond acceptors (Lipinski definition) is 6. The SMILES string of the molecule is Nn1c(SCCS(=O)(=O)c2ccc(Br)cc2)nnc1C(F)(F)F. The van der Waals surface area contributed by atoms with Crippen molar-refractivity contribution in [2.45, 2.75) is 16.2 Å². The van der Waals surface area contributed by atoms with Gasteiger partial charge < -0.3 is 5.84 Å². The van der Waals surface area contributed by atoms with Gasteiger partial charge in [-0.1, -0.05) is 27.7 Å². The summed E-state index contributed by atoms with van der Waals surface area (Å²) in [6.07, 6.45) is -4.72. The van der Waals surface area contributed by atoms with Gasteiger partial charge in [0, 0.05) is 10.2 Å². The Balaban J connectivity index is 2.02. The van der Waals surface area contributed by atoms with Gasteiger partial charge in [0.2, 0.25) is 5.16 Å². The molecule has 0 unspecified atom stereocenters. The van der Waals surface area contributed by atoms with Gasteiger partial charge in [-0.2, -0.15) is 13.2 Å². The lowest BCUT2D eigenvalue weighted by Gasteiger charge is -2.06. The summed E-state index contributed by atoms with van der Waals surface area (Å²) in [7, 11) is -3.54. The van der Waals surface area contributed by atoms with E-state index >= 15 is 0 Å². The number of thioether (sulfide) groups is 1. The van der Waals surface area contributed by atoms with Gasteiger partial charge in [-0.25, -0.2) is 13.1 Å². The summed E-state index contributed by atoms with van der Waals surface area (Å²) in [5, 5.41) is 6.07. The number of nitrogens with zero attached hydrogens (tertiary/aromatic N) is 3. The Morgan fingerprint density at radius 3 is 2.35 bits per heavy atom. The molecule has 0 aliphatic carbocycles. The molecule has 0 aliphatic heterocycles. The van der Waals surface area contributed by atoms with Crippen LogP contribution in [0.25, 0.3) is 0 Å². The van der Waals surface area contributed by atoms with E-state index in [0.29, 0.717) is 4.68 Å². The fourth-order valence-corrected chi connectivity index (χ4v) is 4.34. The summed E-state index contributed by atoms with van der Waals surface area (Å²) >= 11 is 3.98. The normalized spacial score (nSPS) is 12.5. The fraction of sp³-hybridized carbons (Fsp3) is 0.273. The van der Waals surface area contributed by atoms with Gasteiger partial charge >= 0.3 is 6.18 Å². The van der Waals surface area contributed by atoms with E-state index in [-0.39, 0.29) is 21.6 Å². The highest BCUT2D eigenvalue weighted by molar-refractivity contribution is 9.10. The monoisotopic (exact) mass is 430 g/mol. The van der Waals surface area contributed by atoms with Gasteiger partial charge in [-0.15, -0.1) is 10.2 Å². The minimum absolute atomic E-state index is 0.00835. The van der Waals surface area contributed by atoms with E-state index in [1.165, 1.54) is 12.1 Å². The van der Waals surface area contributed by atoms with Crippen molar-refractivity contribution in [1.29, 1.82) is 0 Å². The van der Waals surface area contributed by atoms with Crippen molar-refractivity contribution in [3.8, 4) is 0 Å². The van der Waals surface area contributed by atoms with E-state index in [1.807, 2.05) is 0 Å². The van der Waals surface area contributed by atoms with Crippen molar-refractivity contribution in [3.63, 3.8) is 0 Å². The van der Waals surface area contributed by atoms with Crippen LogP contribution >= 0.6 is 27.7 Å². The maximum absolute atomic E-state index is 12.5. The largest absolute Gasteiger partial charge is 0.453 e. The number of alkyl halides is 3. The molecule has 1 aromatic carbocycles. The van der Waals surface area contributed by atoms with Crippen molar-refractivity contribution < 1.29 is 21.6 Å². The quantitative estimate of drug-likeness (QED) is 0.578. The van der Waals surface area contributed by atoms with E-state index in [1.54, 1.807) is 12.1 Å². The van der Waals surface area contributed by atoms with Crippen molar-refractivity contribution in [2.75, 3.05) is 17.3 Å². The molecule has 0 bridgehead atoms. The Morgan fingerprint density at radius 1 is 1.22 bits per heavy atom. The summed E-state index contributed by atoms with van der Waals surface area (Å²) in [6.45, 7) is 0. The van der Waals surface area contributed by atoms with Crippen LogP contribution in [0.3, 0.4) is 0 Å². The number of nitrogens with two attached hydrogens (primary N) is 1. The number of benzene rings is 1. The first-order valence-corrected chi connectivity index (χ1v) is 9.43. The smallest absolute Gasteiger partial charge is 0.335 e. The Kier molecular flexibility index (Phi) is 5.26. The predicted molar refractivity (Wildman–Crippen MR) is 82.1 cm³/mol. The third-order valence-electron chi connectivity index (χ3n) is 2.67. The molecule has 0 radical (unpaired) electrons. The standard InChI is InChI=1S/C11H10BrF3N4O2S2/c12-7-1-3-8(4-2-7)23(20,21)6-5-22-10-18-17-9(19(10)16)11(13,14)15/h1-4H,5-6,16H2. The lowest BCUT2D eigenvalue weighted by atomic mass is 10.4. The van der Waals surface area contributed by atoms with Crippen LogP contribution in [0.1, 0.15) is 5.82 Å². The molecule has 0 aliphatic rings. The van der Waals surface area contributed by atoms with Crippen LogP contribution in [0.5, 0.6) is 0 Å². The third-order valence-corrected chi connectivity index (χ3v) is 6.14. The summed E-state index contributed by atoms with van der Waals surface area (Å²) in [4.78, 5) is 0.131. The topological polar surface area (TPSA) is 90.9 Å². The first kappa shape index (κ1) is 18.1. The summed E-state index contributed by atoms with van der Waals surface area (Å²) < 4.78 is 62.8. The van der Waals surface area contributed by atoms with Crippen molar-refractivity contribution >= 4 is 37.5 Å². The molecule has 0 atom stereocenters. The van der Waals surface area contributed by atoms with E-state index in [0.717, 1.165) is 16.2 Å². The molecular formula is C11H10BrF3N4O2S2. The maximum Gasteiger partial charge on any atom is 0.453 e. The fourth-order valence-electron chi connectivity index (χ4n) is 1.57. The average Bonchev–Trinajstić information content (AvgIpc) is 2.80. The molecule has 2 aromatic rings. The van der Waals surface area contributed by atoms with Gasteiger partial charge in [0.1, 0.15) is 0 Å². The van der Waals surface area contributed by atoms with Gasteiger partial charge in [-0.05, 0) is 24.3 Å². The zero-order valence-electron chi connectivity index (χ0n) is 11.3. The number of aromatic nitrogens is 3. The highest BCUT2D eigenvalue weighted by Crippen LogP contribution is 2.29. The van der Waals surface area contributed by atoms with E-state index in [4.69, 9.17) is 5.84 Å². The molecule has 12 heteroatoms. The summed E-state index contributed by atoms with van der Waals surface area (Å²) in [6, 6.07) is 6.06. The average molecular weight is 431 g/mol. The molecule has 0 saturated carbocycles. The molecule has 0 spiro atoms. The molecular weight excluding hydrogens is 421 g/mol. The number of hydrogen-bond donors (Lipinski definition) is 1. The molecule has 1 heterocycles. The summed E-state index contributed by atoms with van der Waals surface area (Å²) in [5.74, 6) is 3.65. The molecule has 2 N–H and O–H groups in total. The molecule has 2 rings (SSSR count). The van der Waals surface area contributed by atoms with Crippen molar-refractivity contribution in [3.05, 3.63) is 34.6 Å². The van der Waals surface area contributed by atoms with Crippen LogP contribution in [0.15, 0.2) is 38.8 Å². The van der Waals surface area contributed by atoms with Crippen LogP contribution < -0.4 is 5.84 Å². The number of nitrogen functional groups attached to an aromatic ring is 1. The van der Waals surface area contributed by atoms with Crippen LogP contribution in [0.2, 0.25) is 0 Å². The van der Waals surface area contributed by atoms with Crippen LogP contribution in [-0.2, 0) is 16.0 Å². The van der Waals surface area contributed by atoms with E-state index < -0.39 is 21.8 Å². The minimum atomic E-state index is -4.72. The number of halogens is 4. The zero-order chi connectivity index (χ0) is 17.3. The lowest BCUT2D eigenvalue weighted by molar-refractivity contribution is -0.146. The second-order valence-corrected chi connectivity index (χ2v) is 8.38. The first-order chi connectivity index (χ1) is 10.6. The maximum atomic E-state index is 12.5. The second kappa shape index (κ2) is 6.69. The Labute approximate surface area is 142 Å². The van der Waals surface area contributed by atoms with Crippen molar-refractivity contribution in [2.24, 2.45) is 0 Å². The van der Waals surface area contributed by atoms with Gasteiger partial charge in [-0.3, -0.25) is 0 Å². The molecule has 126 valence electrons. The van der Waals surface area contributed by atoms with Gasteiger partial charge in [0.15, 0.2) is 9.84 Å². The van der Waals surface area contributed by atoms with Gasteiger partial charge in [0.25, 0.3) is 5.82 Å². The molecule has 1 aromatic heterocycles. The van der Waals surface area contributed by atoms with Crippen LogP contribution in [0.4, 0.5) is 13.2 Å². The Morgan fingerprint density at radius 2 is 1.83 bits per heavy atom. The Hall–Kier alpha value is -1.27. The van der Waals surface area contributed by atoms with E-state index in [9.17, 15) is 21.6 Å². The highest BCUT2D eigenvalue weighted by atomic mass is 79.9. The minimum Gasteiger partial charge on any atom is -0.335 e.